The van der Waals surface area contributed by atoms with Crippen molar-refractivity contribution in [3.8, 4) is 0 Å². The van der Waals surface area contributed by atoms with Crippen LogP contribution in [-0.4, -0.2) is 154 Å². The third-order valence-corrected chi connectivity index (χ3v) is 8.60. The lowest BCUT2D eigenvalue weighted by molar-refractivity contribution is -0.329. The number of aliphatic hydroxyl groups excluding tert-OH is 8. The third kappa shape index (κ3) is 13.7. The summed E-state index contributed by atoms with van der Waals surface area (Å²) in [6.07, 6.45) is -4.15. The van der Waals surface area contributed by atoms with E-state index in [0.29, 0.717) is 13.2 Å². The van der Waals surface area contributed by atoms with Gasteiger partial charge < -0.3 is 69.3 Å². The molecule has 2 rings (SSSR count). The zero-order valence-electron chi connectivity index (χ0n) is 27.7. The van der Waals surface area contributed by atoms with Crippen molar-refractivity contribution < 1.29 is 69.3 Å². The molecular formula is C32H62O14. The van der Waals surface area contributed by atoms with E-state index in [-0.39, 0.29) is 13.2 Å². The summed E-state index contributed by atoms with van der Waals surface area (Å²) in [7, 11) is 0. The molecule has 0 bridgehead atoms. The van der Waals surface area contributed by atoms with Gasteiger partial charge in [-0.3, -0.25) is 0 Å². The Hall–Kier alpha value is -0.560. The van der Waals surface area contributed by atoms with Gasteiger partial charge in [-0.15, -0.1) is 0 Å². The van der Waals surface area contributed by atoms with Gasteiger partial charge in [-0.25, -0.2) is 0 Å². The van der Waals surface area contributed by atoms with Crippen LogP contribution in [0.1, 0.15) is 90.9 Å². The molecule has 2 aliphatic rings. The number of hydrogen-bond acceptors (Lipinski definition) is 14. The first-order chi connectivity index (χ1) is 22.2. The van der Waals surface area contributed by atoms with Gasteiger partial charge >= 0.3 is 0 Å². The van der Waals surface area contributed by atoms with E-state index in [1.807, 2.05) is 0 Å². The topological polar surface area (TPSA) is 217 Å². The van der Waals surface area contributed by atoms with Crippen LogP contribution in [0.25, 0.3) is 0 Å². The van der Waals surface area contributed by atoms with Crippen molar-refractivity contribution in [2.24, 2.45) is 0 Å². The average molecular weight is 671 g/mol. The Morgan fingerprint density at radius 3 is 1.54 bits per heavy atom. The molecule has 0 unspecified atom stereocenters. The highest BCUT2D eigenvalue weighted by Crippen LogP contribution is 2.26. The van der Waals surface area contributed by atoms with Crippen LogP contribution in [0.3, 0.4) is 0 Å². The molecule has 2 heterocycles. The fourth-order valence-corrected chi connectivity index (χ4v) is 5.54. The highest BCUT2D eigenvalue weighted by Gasteiger charge is 2.47. The molecule has 0 saturated carbocycles. The lowest BCUT2D eigenvalue weighted by Gasteiger charge is -2.42. The quantitative estimate of drug-likeness (QED) is 0.0605. The summed E-state index contributed by atoms with van der Waals surface area (Å²) in [6.45, 7) is 3.54. The minimum atomic E-state index is -1.65. The van der Waals surface area contributed by atoms with Gasteiger partial charge in [-0.1, -0.05) is 78.1 Å². The normalized spacial score (nSPS) is 33.3. The molecule has 14 heteroatoms. The zero-order chi connectivity index (χ0) is 33.9. The lowest BCUT2D eigenvalue weighted by atomic mass is 9.99. The molecule has 0 aromatic heterocycles. The summed E-state index contributed by atoms with van der Waals surface area (Å²) in [5, 5.41) is 81.4. The Kier molecular flexibility index (Phi) is 21.5. The second-order valence-corrected chi connectivity index (χ2v) is 12.4. The van der Waals surface area contributed by atoms with Crippen molar-refractivity contribution in [2.45, 2.75) is 165 Å². The predicted molar refractivity (Wildman–Crippen MR) is 166 cm³/mol. The Balaban J connectivity index is 2.17. The van der Waals surface area contributed by atoms with Gasteiger partial charge in [0, 0.05) is 13.2 Å². The molecule has 0 aromatic carbocycles. The summed E-state index contributed by atoms with van der Waals surface area (Å²) in [4.78, 5) is 0. The summed E-state index contributed by atoms with van der Waals surface area (Å²) in [6, 6.07) is 0. The predicted octanol–water partition coefficient (Wildman–Crippen LogP) is 0.111. The highest BCUT2D eigenvalue weighted by atomic mass is 16.7. The zero-order valence-corrected chi connectivity index (χ0v) is 27.7. The molecule has 0 radical (unpaired) electrons. The van der Waals surface area contributed by atoms with Gasteiger partial charge in [-0.05, 0) is 12.8 Å². The van der Waals surface area contributed by atoms with E-state index in [9.17, 15) is 40.9 Å². The van der Waals surface area contributed by atoms with Gasteiger partial charge in [0.2, 0.25) is 0 Å². The fourth-order valence-electron chi connectivity index (χ4n) is 5.54. The first-order valence-electron chi connectivity index (χ1n) is 17.3. The Labute approximate surface area is 273 Å². The van der Waals surface area contributed by atoms with E-state index in [1.54, 1.807) is 0 Å². The molecule has 14 nitrogen and oxygen atoms in total. The van der Waals surface area contributed by atoms with E-state index in [0.717, 1.165) is 70.6 Å². The molecule has 274 valence electrons. The van der Waals surface area contributed by atoms with E-state index in [2.05, 4.69) is 13.8 Å². The molecule has 12 atom stereocenters. The largest absolute Gasteiger partial charge is 0.394 e. The van der Waals surface area contributed by atoms with Gasteiger partial charge in [0.05, 0.1) is 26.4 Å². The minimum absolute atomic E-state index is 0.0246. The summed E-state index contributed by atoms with van der Waals surface area (Å²) in [5.74, 6) is 0. The average Bonchev–Trinajstić information content (AvgIpc) is 3.06. The molecule has 0 aromatic rings. The van der Waals surface area contributed by atoms with Gasteiger partial charge in [0.25, 0.3) is 0 Å². The van der Waals surface area contributed by atoms with Crippen LogP contribution < -0.4 is 0 Å². The first kappa shape index (κ1) is 41.6. The molecule has 8 N–H and O–H groups in total. The summed E-state index contributed by atoms with van der Waals surface area (Å²) in [5.41, 5.74) is 0. The number of rotatable bonds is 25. The van der Waals surface area contributed by atoms with Crippen LogP contribution >= 0.6 is 0 Å². The first-order valence-corrected chi connectivity index (χ1v) is 17.3. The van der Waals surface area contributed by atoms with Crippen LogP contribution in [0, 0.1) is 0 Å². The number of aliphatic hydroxyl groups is 8. The maximum atomic E-state index is 10.7. The number of ether oxygens (including phenoxy) is 6. The van der Waals surface area contributed by atoms with Gasteiger partial charge in [0.1, 0.15) is 61.0 Å². The van der Waals surface area contributed by atoms with Crippen molar-refractivity contribution >= 4 is 0 Å². The van der Waals surface area contributed by atoms with Crippen LogP contribution in [0.15, 0.2) is 0 Å². The van der Waals surface area contributed by atoms with E-state index >= 15 is 0 Å². The summed E-state index contributed by atoms with van der Waals surface area (Å²) >= 11 is 0. The molecule has 0 aliphatic carbocycles. The molecule has 46 heavy (non-hydrogen) atoms. The van der Waals surface area contributed by atoms with E-state index in [4.69, 9.17) is 28.4 Å². The second kappa shape index (κ2) is 23.7. The maximum Gasteiger partial charge on any atom is 0.187 e. The third-order valence-electron chi connectivity index (χ3n) is 8.60. The van der Waals surface area contributed by atoms with E-state index < -0.39 is 86.8 Å². The van der Waals surface area contributed by atoms with Crippen LogP contribution in [0.5, 0.6) is 0 Å². The molecule has 2 saturated heterocycles. The van der Waals surface area contributed by atoms with Crippen molar-refractivity contribution in [3.05, 3.63) is 0 Å². The monoisotopic (exact) mass is 670 g/mol. The lowest BCUT2D eigenvalue weighted by Crippen LogP contribution is -2.61. The molecule has 0 spiro atoms. The van der Waals surface area contributed by atoms with Crippen molar-refractivity contribution in [1.29, 1.82) is 0 Å². The smallest absolute Gasteiger partial charge is 0.187 e. The molecular weight excluding hydrogens is 608 g/mol. The number of unbranched alkanes of at least 4 members (excludes halogenated alkanes) is 10. The van der Waals surface area contributed by atoms with Crippen molar-refractivity contribution in [2.75, 3.05) is 39.6 Å². The highest BCUT2D eigenvalue weighted by molar-refractivity contribution is 4.91. The maximum absolute atomic E-state index is 10.7. The summed E-state index contributed by atoms with van der Waals surface area (Å²) < 4.78 is 35.2. The Bertz CT molecular complexity index is 746. The fraction of sp³-hybridized carbons (Fsp3) is 1.00. The van der Waals surface area contributed by atoms with Crippen molar-refractivity contribution in [3.63, 3.8) is 0 Å². The van der Waals surface area contributed by atoms with Crippen LogP contribution in [-0.2, 0) is 28.4 Å². The number of hydrogen-bond donors (Lipinski definition) is 8. The SMILES string of the molecule is CCCCCCCCOC[C@@H](O[C@@H]1O[C@H](CO)[C@@H](O)[C@H](O)[C@H]1O)[C@@H](CO[C@@H]1O[C@H](CO)[C@@H](O)[C@H](O)[C@H]1O)OCCCCCCCC. The van der Waals surface area contributed by atoms with Gasteiger partial charge in [0.15, 0.2) is 12.6 Å². The standard InChI is InChI=1S/C32H62O14/c1-3-5-7-9-11-13-15-41-19-24(46-32-30(40)28(38)26(36)22(18-34)45-32)23(42-16-14-12-10-8-6-4-2)20-43-31-29(39)27(37)25(35)21(17-33)44-31/h21-40H,3-20H2,1-2H3/t21-,22-,23-,24-,25-,26-,27+,28+,29-,30-,31-,32+/m1/s1. The molecule has 0 amide bonds. The van der Waals surface area contributed by atoms with Crippen LogP contribution in [0.4, 0.5) is 0 Å². The Morgan fingerprint density at radius 2 is 1.00 bits per heavy atom. The van der Waals surface area contributed by atoms with E-state index in [1.165, 1.54) is 6.42 Å². The van der Waals surface area contributed by atoms with Gasteiger partial charge in [-0.2, -0.15) is 0 Å². The Morgan fingerprint density at radius 1 is 0.522 bits per heavy atom. The van der Waals surface area contributed by atoms with Crippen molar-refractivity contribution in [1.82, 2.24) is 0 Å². The minimum Gasteiger partial charge on any atom is -0.394 e. The second-order valence-electron chi connectivity index (χ2n) is 12.4. The molecule has 2 aliphatic heterocycles. The molecule has 2 fully saturated rings. The van der Waals surface area contributed by atoms with Crippen LogP contribution in [0.2, 0.25) is 0 Å².